The van der Waals surface area contributed by atoms with Crippen molar-refractivity contribution in [2.45, 2.75) is 6.92 Å². The van der Waals surface area contributed by atoms with Gasteiger partial charge >= 0.3 is 6.09 Å². The number of nitrogens with zero attached hydrogens (tertiary/aromatic N) is 1. The molecule has 0 bridgehead atoms. The average Bonchev–Trinajstić information content (AvgIpc) is 2.59. The molecule has 1 amide bonds. The molecule has 0 saturated carbocycles. The maximum absolute atomic E-state index is 12.2. The van der Waals surface area contributed by atoms with Crippen molar-refractivity contribution in [1.29, 1.82) is 0 Å². The first-order chi connectivity index (χ1) is 11.6. The van der Waals surface area contributed by atoms with Crippen LogP contribution in [0, 0.1) is 6.92 Å². The molecule has 0 saturated heterocycles. The number of aromatic nitrogens is 1. The van der Waals surface area contributed by atoms with Crippen LogP contribution in [0.1, 0.15) is 5.56 Å². The van der Waals surface area contributed by atoms with Gasteiger partial charge in [0, 0.05) is 5.56 Å². The van der Waals surface area contributed by atoms with Gasteiger partial charge in [0.2, 0.25) is 0 Å². The summed E-state index contributed by atoms with van der Waals surface area (Å²) in [6.07, 6.45) is -0.554. The molecular formula is C19H15BrN2O2. The number of halogens is 1. The summed E-state index contributed by atoms with van der Waals surface area (Å²) in [7, 11) is 0. The number of benzene rings is 2. The second-order valence-electron chi connectivity index (χ2n) is 5.19. The Morgan fingerprint density at radius 3 is 2.33 bits per heavy atom. The molecular weight excluding hydrogens is 368 g/mol. The van der Waals surface area contributed by atoms with Crippen LogP contribution in [-0.2, 0) is 0 Å². The lowest BCUT2D eigenvalue weighted by Crippen LogP contribution is -2.17. The normalized spacial score (nSPS) is 10.2. The van der Waals surface area contributed by atoms with E-state index in [1.807, 2.05) is 61.5 Å². The van der Waals surface area contributed by atoms with E-state index >= 15 is 0 Å². The number of hydrogen-bond donors (Lipinski definition) is 1. The van der Waals surface area contributed by atoms with Crippen LogP contribution in [0.3, 0.4) is 0 Å². The summed E-state index contributed by atoms with van der Waals surface area (Å²) in [6.45, 7) is 1.92. The van der Waals surface area contributed by atoms with E-state index in [0.29, 0.717) is 17.1 Å². The van der Waals surface area contributed by atoms with Crippen LogP contribution in [0.15, 0.2) is 71.3 Å². The number of amides is 1. The third kappa shape index (κ3) is 3.81. The van der Waals surface area contributed by atoms with Gasteiger partial charge in [-0.25, -0.2) is 9.78 Å². The highest BCUT2D eigenvalue weighted by Gasteiger charge is 2.14. The molecule has 0 unspecified atom stereocenters. The first-order valence-corrected chi connectivity index (χ1v) is 8.19. The number of ether oxygens (including phenoxy) is 1. The number of para-hydroxylation sites is 1. The molecule has 4 nitrogen and oxygen atoms in total. The maximum atomic E-state index is 12.2. The molecule has 1 heterocycles. The van der Waals surface area contributed by atoms with Gasteiger partial charge in [-0.05, 0) is 46.6 Å². The van der Waals surface area contributed by atoms with E-state index < -0.39 is 6.09 Å². The number of aryl methyl sites for hydroxylation is 1. The second kappa shape index (κ2) is 7.27. The Kier molecular flexibility index (Phi) is 4.91. The van der Waals surface area contributed by atoms with E-state index in [-0.39, 0.29) is 0 Å². The molecule has 0 aliphatic carbocycles. The van der Waals surface area contributed by atoms with Gasteiger partial charge in [0.05, 0.1) is 11.4 Å². The zero-order chi connectivity index (χ0) is 16.9. The van der Waals surface area contributed by atoms with Crippen molar-refractivity contribution in [2.75, 3.05) is 5.32 Å². The molecule has 0 spiro atoms. The molecule has 0 radical (unpaired) electrons. The minimum atomic E-state index is -0.554. The van der Waals surface area contributed by atoms with Gasteiger partial charge in [0.15, 0.2) is 0 Å². The monoisotopic (exact) mass is 382 g/mol. The zero-order valence-corrected chi connectivity index (χ0v) is 14.6. The molecule has 2 aromatic carbocycles. The highest BCUT2D eigenvalue weighted by Crippen LogP contribution is 2.30. The fourth-order valence-corrected chi connectivity index (χ4v) is 2.53. The molecule has 0 aliphatic rings. The summed E-state index contributed by atoms with van der Waals surface area (Å²) < 4.78 is 6.03. The van der Waals surface area contributed by atoms with Crippen molar-refractivity contribution >= 4 is 27.7 Å². The molecule has 0 atom stereocenters. The quantitative estimate of drug-likeness (QED) is 0.614. The number of rotatable bonds is 3. The van der Waals surface area contributed by atoms with Crippen molar-refractivity contribution in [3.63, 3.8) is 0 Å². The summed E-state index contributed by atoms with van der Waals surface area (Å²) in [4.78, 5) is 16.7. The van der Waals surface area contributed by atoms with E-state index in [4.69, 9.17) is 4.74 Å². The lowest BCUT2D eigenvalue weighted by molar-refractivity contribution is 0.215. The van der Waals surface area contributed by atoms with Crippen molar-refractivity contribution in [3.05, 3.63) is 76.9 Å². The second-order valence-corrected chi connectivity index (χ2v) is 5.94. The minimum Gasteiger partial charge on any atom is -0.410 e. The minimum absolute atomic E-state index is 0.484. The molecule has 3 aromatic rings. The molecule has 0 fully saturated rings. The topological polar surface area (TPSA) is 51.2 Å². The summed E-state index contributed by atoms with van der Waals surface area (Å²) in [5.41, 5.74) is 3.11. The number of nitrogens with one attached hydrogen (secondary N) is 1. The summed E-state index contributed by atoms with van der Waals surface area (Å²) in [5.74, 6) is 0.484. The van der Waals surface area contributed by atoms with Crippen molar-refractivity contribution < 1.29 is 9.53 Å². The van der Waals surface area contributed by atoms with Crippen LogP contribution in [0.25, 0.3) is 11.3 Å². The molecule has 1 N–H and O–H groups in total. The average molecular weight is 383 g/mol. The third-order valence-corrected chi connectivity index (χ3v) is 4.19. The Morgan fingerprint density at radius 2 is 1.67 bits per heavy atom. The number of carbonyl (C=O) groups is 1. The largest absolute Gasteiger partial charge is 0.417 e. The van der Waals surface area contributed by atoms with Crippen LogP contribution in [-0.4, -0.2) is 11.1 Å². The summed E-state index contributed by atoms with van der Waals surface area (Å²) in [5, 5.41) is 2.78. The lowest BCUT2D eigenvalue weighted by Gasteiger charge is -2.13. The van der Waals surface area contributed by atoms with Gasteiger partial charge in [-0.2, -0.15) is 0 Å². The third-order valence-electron chi connectivity index (χ3n) is 3.39. The van der Waals surface area contributed by atoms with Gasteiger partial charge in [0.1, 0.15) is 10.4 Å². The van der Waals surface area contributed by atoms with Crippen LogP contribution >= 0.6 is 15.9 Å². The van der Waals surface area contributed by atoms with Gasteiger partial charge in [0.25, 0.3) is 0 Å². The lowest BCUT2D eigenvalue weighted by atomic mass is 10.1. The van der Waals surface area contributed by atoms with Gasteiger partial charge in [-0.1, -0.05) is 48.5 Å². The van der Waals surface area contributed by atoms with Crippen LogP contribution in [0.2, 0.25) is 0 Å². The molecule has 120 valence electrons. The first kappa shape index (κ1) is 16.2. The first-order valence-electron chi connectivity index (χ1n) is 7.40. The number of carbonyl (C=O) groups excluding carboxylic acids is 1. The van der Waals surface area contributed by atoms with E-state index in [0.717, 1.165) is 15.7 Å². The summed E-state index contributed by atoms with van der Waals surface area (Å²) >= 11 is 3.44. The number of hydrogen-bond acceptors (Lipinski definition) is 3. The fourth-order valence-electron chi connectivity index (χ4n) is 2.23. The molecule has 5 heteroatoms. The standard InChI is InChI=1S/C19H15BrN2O2/c1-13-12-16(21-19(23)24-15-10-6-3-7-11-15)17(22-18(13)20)14-8-4-2-5-9-14/h2-12H,1H3,(H,21,23). The van der Waals surface area contributed by atoms with E-state index in [2.05, 4.69) is 26.2 Å². The predicted octanol–water partition coefficient (Wildman–Crippen LogP) is 5.43. The highest BCUT2D eigenvalue weighted by molar-refractivity contribution is 9.10. The van der Waals surface area contributed by atoms with Crippen LogP contribution in [0.4, 0.5) is 10.5 Å². The Bertz CT molecular complexity index is 852. The highest BCUT2D eigenvalue weighted by atomic mass is 79.9. The van der Waals surface area contributed by atoms with Gasteiger partial charge in [-0.15, -0.1) is 0 Å². The Morgan fingerprint density at radius 1 is 1.04 bits per heavy atom. The van der Waals surface area contributed by atoms with Crippen LogP contribution < -0.4 is 10.1 Å². The number of pyridine rings is 1. The SMILES string of the molecule is Cc1cc(NC(=O)Oc2ccccc2)c(-c2ccccc2)nc1Br. The molecule has 24 heavy (non-hydrogen) atoms. The van der Waals surface area contributed by atoms with E-state index in [1.165, 1.54) is 0 Å². The Hall–Kier alpha value is -2.66. The van der Waals surface area contributed by atoms with Crippen molar-refractivity contribution in [1.82, 2.24) is 4.98 Å². The van der Waals surface area contributed by atoms with Crippen molar-refractivity contribution in [3.8, 4) is 17.0 Å². The smallest absolute Gasteiger partial charge is 0.410 e. The molecule has 3 rings (SSSR count). The zero-order valence-electron chi connectivity index (χ0n) is 13.0. The van der Waals surface area contributed by atoms with E-state index in [1.54, 1.807) is 12.1 Å². The fraction of sp³-hybridized carbons (Fsp3) is 0.0526. The summed E-state index contributed by atoms with van der Waals surface area (Å²) in [6, 6.07) is 20.5. The Balaban J connectivity index is 1.89. The van der Waals surface area contributed by atoms with E-state index in [9.17, 15) is 4.79 Å². The predicted molar refractivity (Wildman–Crippen MR) is 98.2 cm³/mol. The van der Waals surface area contributed by atoms with Gasteiger partial charge < -0.3 is 4.74 Å². The molecule has 0 aliphatic heterocycles. The van der Waals surface area contributed by atoms with Gasteiger partial charge in [-0.3, -0.25) is 5.32 Å². The Labute approximate surface area is 148 Å². The molecule has 1 aromatic heterocycles. The maximum Gasteiger partial charge on any atom is 0.417 e. The van der Waals surface area contributed by atoms with Crippen LogP contribution in [0.5, 0.6) is 5.75 Å². The number of anilines is 1. The van der Waals surface area contributed by atoms with Crippen molar-refractivity contribution in [2.24, 2.45) is 0 Å².